The second-order valence-corrected chi connectivity index (χ2v) is 7.01. The fraction of sp³-hybridized carbons (Fsp3) is 0.143. The van der Waals surface area contributed by atoms with E-state index in [1.807, 2.05) is 24.3 Å². The van der Waals surface area contributed by atoms with Gasteiger partial charge in [0.2, 0.25) is 10.0 Å². The van der Waals surface area contributed by atoms with Gasteiger partial charge in [0.15, 0.2) is 0 Å². The van der Waals surface area contributed by atoms with E-state index in [2.05, 4.69) is 20.7 Å². The number of hydrogen-bond acceptors (Lipinski definition) is 4. The van der Waals surface area contributed by atoms with Crippen molar-refractivity contribution in [2.45, 2.75) is 11.4 Å². The van der Waals surface area contributed by atoms with Crippen LogP contribution in [0.15, 0.2) is 51.8 Å². The lowest BCUT2D eigenvalue weighted by atomic mass is 10.2. The topological polar surface area (TPSA) is 81.4 Å². The molecule has 0 bridgehead atoms. The zero-order valence-corrected chi connectivity index (χ0v) is 13.7. The first-order chi connectivity index (χ1) is 9.92. The van der Waals surface area contributed by atoms with E-state index in [0.29, 0.717) is 5.75 Å². The van der Waals surface area contributed by atoms with E-state index in [4.69, 9.17) is 10.5 Å². The predicted octanol–water partition coefficient (Wildman–Crippen LogP) is 2.52. The van der Waals surface area contributed by atoms with Gasteiger partial charge in [-0.05, 0) is 29.8 Å². The first kappa shape index (κ1) is 15.8. The van der Waals surface area contributed by atoms with Crippen LogP contribution < -0.4 is 15.2 Å². The van der Waals surface area contributed by atoms with Crippen LogP contribution >= 0.6 is 15.9 Å². The number of sulfonamides is 1. The molecule has 0 saturated heterocycles. The highest BCUT2D eigenvalue weighted by atomic mass is 79.9. The average Bonchev–Trinajstić information content (AvgIpc) is 2.45. The van der Waals surface area contributed by atoms with Crippen LogP contribution in [0.25, 0.3) is 0 Å². The second kappa shape index (κ2) is 6.46. The minimum absolute atomic E-state index is 0.0401. The normalized spacial score (nSPS) is 11.3. The molecule has 0 aliphatic carbocycles. The minimum Gasteiger partial charge on any atom is -0.497 e. The summed E-state index contributed by atoms with van der Waals surface area (Å²) in [6.07, 6.45) is 0. The van der Waals surface area contributed by atoms with E-state index < -0.39 is 10.0 Å². The Labute approximate surface area is 132 Å². The van der Waals surface area contributed by atoms with Gasteiger partial charge >= 0.3 is 0 Å². The quantitative estimate of drug-likeness (QED) is 0.792. The number of nitrogens with two attached hydrogens (primary N) is 1. The van der Waals surface area contributed by atoms with Crippen molar-refractivity contribution in [1.82, 2.24) is 4.72 Å². The third-order valence-corrected chi connectivity index (χ3v) is 4.83. The molecule has 0 amide bonds. The van der Waals surface area contributed by atoms with Crippen LogP contribution in [0, 0.1) is 0 Å². The van der Waals surface area contributed by atoms with Crippen LogP contribution in [-0.4, -0.2) is 15.5 Å². The van der Waals surface area contributed by atoms with Gasteiger partial charge < -0.3 is 10.5 Å². The number of rotatable bonds is 5. The molecule has 2 aromatic rings. The highest BCUT2D eigenvalue weighted by molar-refractivity contribution is 9.10. The van der Waals surface area contributed by atoms with Crippen LogP contribution in [0.5, 0.6) is 5.75 Å². The number of methoxy groups -OCH3 is 1. The molecule has 0 aliphatic heterocycles. The van der Waals surface area contributed by atoms with E-state index in [-0.39, 0.29) is 17.1 Å². The van der Waals surface area contributed by atoms with Gasteiger partial charge in [0.1, 0.15) is 10.6 Å². The zero-order valence-electron chi connectivity index (χ0n) is 11.3. The van der Waals surface area contributed by atoms with Crippen molar-refractivity contribution < 1.29 is 13.2 Å². The van der Waals surface area contributed by atoms with E-state index in [1.54, 1.807) is 6.07 Å². The third kappa shape index (κ3) is 3.96. The van der Waals surface area contributed by atoms with Gasteiger partial charge in [0.05, 0.1) is 12.8 Å². The fourth-order valence-electron chi connectivity index (χ4n) is 1.80. The molecule has 0 aromatic heterocycles. The van der Waals surface area contributed by atoms with Crippen molar-refractivity contribution in [3.63, 3.8) is 0 Å². The van der Waals surface area contributed by atoms with Gasteiger partial charge in [-0.1, -0.05) is 28.1 Å². The molecule has 112 valence electrons. The summed E-state index contributed by atoms with van der Waals surface area (Å²) in [4.78, 5) is 0.0401. The Morgan fingerprint density at radius 1 is 1.24 bits per heavy atom. The third-order valence-electron chi connectivity index (χ3n) is 2.86. The lowest BCUT2D eigenvalue weighted by molar-refractivity contribution is 0.414. The first-order valence-corrected chi connectivity index (χ1v) is 8.37. The lowest BCUT2D eigenvalue weighted by Crippen LogP contribution is -2.24. The largest absolute Gasteiger partial charge is 0.497 e. The van der Waals surface area contributed by atoms with Crippen LogP contribution in [0.4, 0.5) is 5.69 Å². The Morgan fingerprint density at radius 3 is 2.62 bits per heavy atom. The maximum absolute atomic E-state index is 12.3. The van der Waals surface area contributed by atoms with Crippen LogP contribution in [-0.2, 0) is 16.6 Å². The molecule has 0 saturated carbocycles. The monoisotopic (exact) mass is 370 g/mol. The molecular formula is C14H15BrN2O3S. The molecular weight excluding hydrogens is 356 g/mol. The number of anilines is 1. The maximum atomic E-state index is 12.3. The van der Waals surface area contributed by atoms with Crippen molar-refractivity contribution in [2.24, 2.45) is 0 Å². The minimum atomic E-state index is -3.67. The summed E-state index contributed by atoms with van der Waals surface area (Å²) in [5.41, 5.74) is 6.77. The predicted molar refractivity (Wildman–Crippen MR) is 85.6 cm³/mol. The Morgan fingerprint density at radius 2 is 2.00 bits per heavy atom. The van der Waals surface area contributed by atoms with Crippen molar-refractivity contribution >= 4 is 31.6 Å². The highest BCUT2D eigenvalue weighted by Gasteiger charge is 2.17. The summed E-state index contributed by atoms with van der Waals surface area (Å²) >= 11 is 3.34. The zero-order chi connectivity index (χ0) is 15.5. The van der Waals surface area contributed by atoms with Crippen LogP contribution in [0.2, 0.25) is 0 Å². The van der Waals surface area contributed by atoms with Crippen LogP contribution in [0.1, 0.15) is 5.56 Å². The van der Waals surface area contributed by atoms with Gasteiger partial charge in [0, 0.05) is 17.1 Å². The smallest absolute Gasteiger partial charge is 0.242 e. The molecule has 21 heavy (non-hydrogen) atoms. The summed E-state index contributed by atoms with van der Waals surface area (Å²) in [6, 6.07) is 11.9. The number of nitrogen functional groups attached to an aromatic ring is 1. The molecule has 0 atom stereocenters. The number of benzene rings is 2. The molecule has 0 spiro atoms. The van der Waals surface area contributed by atoms with Crippen molar-refractivity contribution in [3.05, 3.63) is 52.5 Å². The summed E-state index contributed by atoms with van der Waals surface area (Å²) < 4.78 is 33.0. The first-order valence-electron chi connectivity index (χ1n) is 6.10. The summed E-state index contributed by atoms with van der Waals surface area (Å²) in [7, 11) is -2.18. The SMILES string of the molecule is COc1ccc(S(=O)(=O)NCc2cccc(Br)c2)c(N)c1. The molecule has 0 radical (unpaired) electrons. The summed E-state index contributed by atoms with van der Waals surface area (Å²) in [6.45, 7) is 0.188. The van der Waals surface area contributed by atoms with Gasteiger partial charge in [-0.25, -0.2) is 13.1 Å². The molecule has 3 N–H and O–H groups in total. The van der Waals surface area contributed by atoms with E-state index in [0.717, 1.165) is 10.0 Å². The lowest BCUT2D eigenvalue weighted by Gasteiger charge is -2.10. The second-order valence-electron chi connectivity index (χ2n) is 4.36. The maximum Gasteiger partial charge on any atom is 0.242 e. The number of ether oxygens (including phenoxy) is 1. The Balaban J connectivity index is 2.19. The van der Waals surface area contributed by atoms with Gasteiger partial charge in [-0.15, -0.1) is 0 Å². The average molecular weight is 371 g/mol. The van der Waals surface area contributed by atoms with Gasteiger partial charge in [-0.3, -0.25) is 0 Å². The standard InChI is InChI=1S/C14H15BrN2O3S/c1-20-12-5-6-14(13(16)8-12)21(18,19)17-9-10-3-2-4-11(15)7-10/h2-8,17H,9,16H2,1H3. The molecule has 2 aromatic carbocycles. The molecule has 7 heteroatoms. The molecule has 0 heterocycles. The van der Waals surface area contributed by atoms with Crippen molar-refractivity contribution in [2.75, 3.05) is 12.8 Å². The highest BCUT2D eigenvalue weighted by Crippen LogP contribution is 2.23. The van der Waals surface area contributed by atoms with Gasteiger partial charge in [-0.2, -0.15) is 0 Å². The van der Waals surface area contributed by atoms with E-state index in [9.17, 15) is 8.42 Å². The van der Waals surface area contributed by atoms with Crippen LogP contribution in [0.3, 0.4) is 0 Å². The summed E-state index contributed by atoms with van der Waals surface area (Å²) in [5.74, 6) is 0.512. The Hall–Kier alpha value is -1.57. The van der Waals surface area contributed by atoms with Gasteiger partial charge in [0.25, 0.3) is 0 Å². The molecule has 0 unspecified atom stereocenters. The molecule has 5 nitrogen and oxygen atoms in total. The number of hydrogen-bond donors (Lipinski definition) is 2. The molecule has 2 rings (SSSR count). The summed E-state index contributed by atoms with van der Waals surface area (Å²) in [5, 5.41) is 0. The van der Waals surface area contributed by atoms with Crippen molar-refractivity contribution in [3.8, 4) is 5.75 Å². The Bertz CT molecular complexity index is 748. The number of halogens is 1. The van der Waals surface area contributed by atoms with E-state index in [1.165, 1.54) is 19.2 Å². The van der Waals surface area contributed by atoms with E-state index >= 15 is 0 Å². The fourth-order valence-corrected chi connectivity index (χ4v) is 3.38. The molecule has 0 fully saturated rings. The Kier molecular flexibility index (Phi) is 4.87. The molecule has 0 aliphatic rings. The number of nitrogens with one attached hydrogen (secondary N) is 1. The van der Waals surface area contributed by atoms with Crippen molar-refractivity contribution in [1.29, 1.82) is 0 Å².